The van der Waals surface area contributed by atoms with Gasteiger partial charge in [0.15, 0.2) is 0 Å². The molecule has 24 heavy (non-hydrogen) atoms. The summed E-state index contributed by atoms with van der Waals surface area (Å²) >= 11 is 4.17. The Morgan fingerprint density at radius 3 is 2.08 bits per heavy atom. The summed E-state index contributed by atoms with van der Waals surface area (Å²) in [5.41, 5.74) is 0.133. The van der Waals surface area contributed by atoms with Crippen LogP contribution in [0.25, 0.3) is 0 Å². The summed E-state index contributed by atoms with van der Waals surface area (Å²) in [6.07, 6.45) is 1.40. The van der Waals surface area contributed by atoms with Crippen molar-refractivity contribution < 1.29 is 19.0 Å². The second-order valence-corrected chi connectivity index (χ2v) is 7.55. The predicted molar refractivity (Wildman–Crippen MR) is 104 cm³/mol. The van der Waals surface area contributed by atoms with Crippen molar-refractivity contribution in [3.05, 3.63) is 0 Å². The van der Waals surface area contributed by atoms with Gasteiger partial charge in [0.05, 0.1) is 39.6 Å². The summed E-state index contributed by atoms with van der Waals surface area (Å²) in [4.78, 5) is 11.7. The fraction of sp³-hybridized carbons (Fsp3) is 0.938. The van der Waals surface area contributed by atoms with E-state index in [9.17, 15) is 4.79 Å². The van der Waals surface area contributed by atoms with Crippen LogP contribution < -0.4 is 10.6 Å². The third-order valence-corrected chi connectivity index (χ3v) is 4.59. The molecule has 144 valence electrons. The predicted octanol–water partition coefficient (Wildman–Crippen LogP) is 1.76. The quantitative estimate of drug-likeness (QED) is 0.202. The van der Waals surface area contributed by atoms with Crippen molar-refractivity contribution in [1.82, 2.24) is 10.6 Å². The monoisotopic (exact) mass is 382 g/mol. The van der Waals surface area contributed by atoms with Crippen molar-refractivity contribution in [3.63, 3.8) is 0 Å². The molecule has 0 atom stereocenters. The Morgan fingerprint density at radius 1 is 1.00 bits per heavy atom. The molecule has 0 spiro atoms. The second kappa shape index (κ2) is 16.5. The van der Waals surface area contributed by atoms with Crippen molar-refractivity contribution >= 4 is 28.4 Å². The minimum atomic E-state index is 0.0748. The molecule has 8 heteroatoms. The minimum Gasteiger partial charge on any atom is -0.378 e. The average Bonchev–Trinajstić information content (AvgIpc) is 2.54. The largest absolute Gasteiger partial charge is 0.378 e. The van der Waals surface area contributed by atoms with Gasteiger partial charge in [0.1, 0.15) is 0 Å². The number of hydrogen-bond donors (Lipinski definition) is 3. The summed E-state index contributed by atoms with van der Waals surface area (Å²) in [6.45, 7) is 9.12. The van der Waals surface area contributed by atoms with Gasteiger partial charge in [-0.15, -0.1) is 11.7 Å². The number of thiol groups is 1. The van der Waals surface area contributed by atoms with Crippen LogP contribution in [0.4, 0.5) is 0 Å². The van der Waals surface area contributed by atoms with Gasteiger partial charge in [-0.2, -0.15) is 0 Å². The van der Waals surface area contributed by atoms with Crippen molar-refractivity contribution in [3.8, 4) is 0 Å². The molecule has 0 aromatic carbocycles. The first kappa shape index (κ1) is 24.0. The van der Waals surface area contributed by atoms with Crippen molar-refractivity contribution in [2.24, 2.45) is 5.41 Å². The highest BCUT2D eigenvalue weighted by Crippen LogP contribution is 2.28. The van der Waals surface area contributed by atoms with E-state index in [-0.39, 0.29) is 11.3 Å². The molecule has 0 aromatic heterocycles. The molecule has 0 unspecified atom stereocenters. The molecule has 0 bridgehead atoms. The molecule has 0 aliphatic rings. The smallest absolute Gasteiger partial charge is 0.220 e. The van der Waals surface area contributed by atoms with Crippen LogP contribution in [-0.2, 0) is 19.0 Å². The zero-order chi connectivity index (χ0) is 18.1. The number of nitrogens with one attached hydrogen (secondary N) is 2. The molecular weight excluding hydrogens is 348 g/mol. The number of hydrogen-bond acceptors (Lipinski definition) is 7. The first-order chi connectivity index (χ1) is 11.5. The van der Waals surface area contributed by atoms with E-state index in [2.05, 4.69) is 36.1 Å². The number of carbonyl (C=O) groups is 1. The fourth-order valence-corrected chi connectivity index (χ4v) is 3.31. The maximum Gasteiger partial charge on any atom is 0.220 e. The van der Waals surface area contributed by atoms with Crippen LogP contribution in [0.15, 0.2) is 0 Å². The van der Waals surface area contributed by atoms with Crippen LogP contribution in [0.3, 0.4) is 0 Å². The molecule has 0 heterocycles. The van der Waals surface area contributed by atoms with E-state index in [4.69, 9.17) is 14.2 Å². The van der Waals surface area contributed by atoms with Crippen molar-refractivity contribution in [2.75, 3.05) is 65.5 Å². The first-order valence-corrected chi connectivity index (χ1v) is 10.5. The number of amides is 1. The van der Waals surface area contributed by atoms with E-state index in [0.717, 1.165) is 18.7 Å². The minimum absolute atomic E-state index is 0.0748. The fourth-order valence-electron chi connectivity index (χ4n) is 1.77. The van der Waals surface area contributed by atoms with Crippen molar-refractivity contribution in [1.29, 1.82) is 0 Å². The lowest BCUT2D eigenvalue weighted by atomic mass is 9.90. The zero-order valence-corrected chi connectivity index (χ0v) is 17.0. The Morgan fingerprint density at radius 2 is 1.54 bits per heavy atom. The molecule has 0 aromatic rings. The van der Waals surface area contributed by atoms with Gasteiger partial charge >= 0.3 is 0 Å². The highest BCUT2D eigenvalue weighted by atomic mass is 33.1. The summed E-state index contributed by atoms with van der Waals surface area (Å²) < 4.78 is 16.1. The SMILES string of the molecule is CNCCOCCOCCOCCNC(=O)CCC(C)(C)CSS. The van der Waals surface area contributed by atoms with E-state index in [0.29, 0.717) is 52.6 Å². The van der Waals surface area contributed by atoms with E-state index < -0.39 is 0 Å². The molecule has 0 saturated carbocycles. The van der Waals surface area contributed by atoms with Crippen LogP contribution in [0.5, 0.6) is 0 Å². The van der Waals surface area contributed by atoms with Crippen molar-refractivity contribution in [2.45, 2.75) is 26.7 Å². The molecule has 0 rings (SSSR count). The van der Waals surface area contributed by atoms with Gasteiger partial charge in [-0.25, -0.2) is 0 Å². The zero-order valence-electron chi connectivity index (χ0n) is 15.3. The van der Waals surface area contributed by atoms with E-state index in [1.54, 1.807) is 0 Å². The summed E-state index contributed by atoms with van der Waals surface area (Å²) in [7, 11) is 3.41. The maximum atomic E-state index is 11.7. The van der Waals surface area contributed by atoms with Crippen LogP contribution >= 0.6 is 22.5 Å². The lowest BCUT2D eigenvalue weighted by Crippen LogP contribution is -2.29. The lowest BCUT2D eigenvalue weighted by Gasteiger charge is -2.22. The molecule has 0 saturated heterocycles. The highest BCUT2D eigenvalue weighted by Gasteiger charge is 2.18. The number of rotatable bonds is 17. The van der Waals surface area contributed by atoms with E-state index >= 15 is 0 Å². The molecule has 6 nitrogen and oxygen atoms in total. The molecule has 0 aliphatic carbocycles. The second-order valence-electron chi connectivity index (χ2n) is 6.23. The molecule has 1 amide bonds. The Hall–Kier alpha value is 0.0100. The van der Waals surface area contributed by atoms with Gasteiger partial charge in [-0.1, -0.05) is 24.6 Å². The Bertz CT molecular complexity index is 308. The summed E-state index contributed by atoms with van der Waals surface area (Å²) in [5.74, 6) is 1.01. The topological polar surface area (TPSA) is 68.8 Å². The molecule has 0 radical (unpaired) electrons. The highest BCUT2D eigenvalue weighted by molar-refractivity contribution is 8.68. The Balaban J connectivity index is 3.30. The van der Waals surface area contributed by atoms with E-state index in [1.165, 1.54) is 10.8 Å². The number of carbonyl (C=O) groups excluding carboxylic acids is 1. The number of ether oxygens (including phenoxy) is 3. The molecular formula is C16H34N2O4S2. The molecule has 0 aliphatic heterocycles. The lowest BCUT2D eigenvalue weighted by molar-refractivity contribution is -0.121. The van der Waals surface area contributed by atoms with Gasteiger partial charge in [0, 0.05) is 25.3 Å². The Labute approximate surface area is 155 Å². The van der Waals surface area contributed by atoms with Crippen LogP contribution in [0.2, 0.25) is 0 Å². The summed E-state index contributed by atoms with van der Waals surface area (Å²) in [5, 5.41) is 5.88. The van der Waals surface area contributed by atoms with E-state index in [1.807, 2.05) is 7.05 Å². The van der Waals surface area contributed by atoms with Gasteiger partial charge < -0.3 is 24.8 Å². The van der Waals surface area contributed by atoms with Gasteiger partial charge in [-0.05, 0) is 18.9 Å². The normalized spacial score (nSPS) is 11.7. The first-order valence-electron chi connectivity index (χ1n) is 8.43. The third kappa shape index (κ3) is 16.9. The van der Waals surface area contributed by atoms with Gasteiger partial charge in [0.2, 0.25) is 5.91 Å². The Kier molecular flexibility index (Phi) is 16.5. The van der Waals surface area contributed by atoms with Crippen LogP contribution in [-0.4, -0.2) is 71.4 Å². The molecule has 0 fully saturated rings. The average molecular weight is 383 g/mol. The maximum absolute atomic E-state index is 11.7. The van der Waals surface area contributed by atoms with Crippen LogP contribution in [0, 0.1) is 5.41 Å². The standard InChI is InChI=1S/C16H34N2O4S2/c1-16(2,14-24-23)5-4-15(19)18-7-9-21-11-13-22-12-10-20-8-6-17-3/h17,23H,4-14H2,1-3H3,(H,18,19). The number of likely N-dealkylation sites (N-methyl/N-ethyl adjacent to an activating group) is 1. The summed E-state index contributed by atoms with van der Waals surface area (Å²) in [6, 6.07) is 0. The molecule has 2 N–H and O–H groups in total. The van der Waals surface area contributed by atoms with Gasteiger partial charge in [-0.3, -0.25) is 4.79 Å². The van der Waals surface area contributed by atoms with Crippen LogP contribution in [0.1, 0.15) is 26.7 Å². The van der Waals surface area contributed by atoms with Gasteiger partial charge in [0.25, 0.3) is 0 Å². The third-order valence-electron chi connectivity index (χ3n) is 3.29.